The van der Waals surface area contributed by atoms with E-state index in [2.05, 4.69) is 4.98 Å². The van der Waals surface area contributed by atoms with Gasteiger partial charge in [0.05, 0.1) is 16.4 Å². The number of imidazole rings is 1. The van der Waals surface area contributed by atoms with E-state index in [0.717, 1.165) is 0 Å². The highest BCUT2D eigenvalue weighted by atomic mass is 35.5. The maximum Gasteiger partial charge on any atom is 0.285 e. The van der Waals surface area contributed by atoms with Gasteiger partial charge >= 0.3 is 0 Å². The van der Waals surface area contributed by atoms with Crippen molar-refractivity contribution in [2.45, 2.75) is 0 Å². The van der Waals surface area contributed by atoms with Crippen LogP contribution < -0.4 is 5.56 Å². The van der Waals surface area contributed by atoms with Crippen LogP contribution in [-0.4, -0.2) is 19.1 Å². The number of nitrogens with zero attached hydrogens (tertiary/aromatic N) is 4. The molecule has 0 N–H and O–H groups in total. The molecule has 0 bridgehead atoms. The first-order chi connectivity index (χ1) is 15.8. The van der Waals surface area contributed by atoms with Gasteiger partial charge in [-0.1, -0.05) is 58.0 Å². The van der Waals surface area contributed by atoms with Crippen molar-refractivity contribution in [3.63, 3.8) is 0 Å². The molecule has 0 saturated carbocycles. The smallest absolute Gasteiger partial charge is 0.285 e. The predicted octanol–water partition coefficient (Wildman–Crippen LogP) is 7.51. The van der Waals surface area contributed by atoms with Crippen LogP contribution in [0.2, 0.25) is 25.1 Å². The zero-order valence-electron chi connectivity index (χ0n) is 16.4. The van der Waals surface area contributed by atoms with Crippen LogP contribution in [0, 0.1) is 0 Å². The molecular formula is C23H11Cl5N4O. The van der Waals surface area contributed by atoms with E-state index < -0.39 is 0 Å². The largest absolute Gasteiger partial charge is 0.293 e. The summed E-state index contributed by atoms with van der Waals surface area (Å²) in [5, 5.41) is 2.19. The molecule has 0 aliphatic heterocycles. The Balaban J connectivity index is 1.87. The van der Waals surface area contributed by atoms with E-state index in [-0.39, 0.29) is 16.7 Å². The molecule has 164 valence electrons. The van der Waals surface area contributed by atoms with Crippen LogP contribution in [0.1, 0.15) is 0 Å². The lowest BCUT2D eigenvalue weighted by atomic mass is 10.2. The van der Waals surface area contributed by atoms with Gasteiger partial charge in [0.1, 0.15) is 6.33 Å². The molecule has 0 amide bonds. The van der Waals surface area contributed by atoms with Crippen molar-refractivity contribution in [1.29, 1.82) is 0 Å². The maximum absolute atomic E-state index is 13.9. The van der Waals surface area contributed by atoms with Crippen LogP contribution in [-0.2, 0) is 0 Å². The van der Waals surface area contributed by atoms with E-state index in [1.807, 2.05) is 0 Å². The standard InChI is InChI=1S/C23H11Cl5N4O/c24-12-1-4-16(5-2-12)32-22(18-6-3-13(25)10-19(18)28)30-21-20(23(32)33)31(11-29-21)17-8-14(26)7-15(27)9-17/h1-11H. The second-order valence-corrected chi connectivity index (χ2v) is 9.24. The first-order valence-electron chi connectivity index (χ1n) is 9.50. The first-order valence-corrected chi connectivity index (χ1v) is 11.4. The van der Waals surface area contributed by atoms with Gasteiger partial charge in [0.15, 0.2) is 17.0 Å². The van der Waals surface area contributed by atoms with Crippen LogP contribution in [0.5, 0.6) is 0 Å². The van der Waals surface area contributed by atoms with E-state index in [4.69, 9.17) is 63.0 Å². The van der Waals surface area contributed by atoms with Gasteiger partial charge < -0.3 is 0 Å². The van der Waals surface area contributed by atoms with Gasteiger partial charge in [-0.3, -0.25) is 13.9 Å². The van der Waals surface area contributed by atoms with Gasteiger partial charge in [-0.25, -0.2) is 9.97 Å². The minimum Gasteiger partial charge on any atom is -0.293 e. The summed E-state index contributed by atoms with van der Waals surface area (Å²) in [5.41, 5.74) is 1.78. The zero-order valence-corrected chi connectivity index (χ0v) is 20.2. The highest BCUT2D eigenvalue weighted by Gasteiger charge is 2.21. The average Bonchev–Trinajstić information content (AvgIpc) is 3.18. The van der Waals surface area contributed by atoms with Gasteiger partial charge in [0, 0.05) is 25.7 Å². The fraction of sp³-hybridized carbons (Fsp3) is 0. The van der Waals surface area contributed by atoms with Crippen molar-refractivity contribution >= 4 is 69.2 Å². The lowest BCUT2D eigenvalue weighted by Gasteiger charge is -2.15. The molecule has 5 aromatic rings. The highest BCUT2D eigenvalue weighted by molar-refractivity contribution is 6.36. The molecule has 0 saturated heterocycles. The van der Waals surface area contributed by atoms with Gasteiger partial charge in [-0.2, -0.15) is 0 Å². The molecule has 2 heterocycles. The third-order valence-electron chi connectivity index (χ3n) is 4.96. The summed E-state index contributed by atoms with van der Waals surface area (Å²) in [6.07, 6.45) is 1.50. The van der Waals surface area contributed by atoms with Gasteiger partial charge in [0.25, 0.3) is 5.56 Å². The average molecular weight is 537 g/mol. The summed E-state index contributed by atoms with van der Waals surface area (Å²) in [7, 11) is 0. The quantitative estimate of drug-likeness (QED) is 0.240. The fourth-order valence-corrected chi connectivity index (χ4v) is 4.66. The van der Waals surface area contributed by atoms with Crippen LogP contribution in [0.15, 0.2) is 71.8 Å². The molecule has 0 atom stereocenters. The summed E-state index contributed by atoms with van der Waals surface area (Å²) in [5.74, 6) is 0.311. The van der Waals surface area contributed by atoms with Crippen molar-refractivity contribution < 1.29 is 0 Å². The van der Waals surface area contributed by atoms with Gasteiger partial charge in [0.2, 0.25) is 0 Å². The van der Waals surface area contributed by atoms with Crippen molar-refractivity contribution in [3.8, 4) is 22.8 Å². The Hall–Kier alpha value is -2.54. The lowest BCUT2D eigenvalue weighted by Crippen LogP contribution is -2.23. The van der Waals surface area contributed by atoms with Crippen molar-refractivity contribution in [3.05, 3.63) is 102 Å². The number of halogens is 5. The minimum absolute atomic E-state index is 0.238. The Bertz CT molecular complexity index is 1570. The zero-order chi connectivity index (χ0) is 23.3. The van der Waals surface area contributed by atoms with E-state index >= 15 is 0 Å². The molecule has 0 unspecified atom stereocenters. The monoisotopic (exact) mass is 534 g/mol. The second kappa shape index (κ2) is 8.67. The van der Waals surface area contributed by atoms with E-state index in [1.165, 1.54) is 10.9 Å². The van der Waals surface area contributed by atoms with E-state index in [1.54, 1.807) is 65.2 Å². The number of hydrogen-bond donors (Lipinski definition) is 0. The van der Waals surface area contributed by atoms with E-state index in [0.29, 0.717) is 47.9 Å². The molecule has 0 fully saturated rings. The van der Waals surface area contributed by atoms with Crippen molar-refractivity contribution in [1.82, 2.24) is 19.1 Å². The Labute approximate surface area is 212 Å². The van der Waals surface area contributed by atoms with Crippen LogP contribution in [0.4, 0.5) is 0 Å². The topological polar surface area (TPSA) is 52.7 Å². The SMILES string of the molecule is O=c1c2c(ncn2-c2cc(Cl)cc(Cl)c2)nc(-c2ccc(Cl)cc2Cl)n1-c1ccc(Cl)cc1. The van der Waals surface area contributed by atoms with E-state index in [9.17, 15) is 4.79 Å². The molecule has 5 rings (SSSR count). The molecule has 0 aliphatic carbocycles. The maximum atomic E-state index is 13.9. The molecule has 5 nitrogen and oxygen atoms in total. The molecule has 10 heteroatoms. The van der Waals surface area contributed by atoms with Crippen LogP contribution >= 0.6 is 58.0 Å². The molecule has 3 aromatic carbocycles. The van der Waals surface area contributed by atoms with Gasteiger partial charge in [-0.15, -0.1) is 0 Å². The number of rotatable bonds is 3. The summed E-state index contributed by atoms with van der Waals surface area (Å²) >= 11 is 31.0. The first kappa shape index (κ1) is 22.3. The summed E-state index contributed by atoms with van der Waals surface area (Å²) in [4.78, 5) is 23.0. The fourth-order valence-electron chi connectivity index (χ4n) is 3.53. The second-order valence-electron chi connectivity index (χ2n) is 7.09. The molecular weight excluding hydrogens is 526 g/mol. The number of hydrogen-bond acceptors (Lipinski definition) is 3. The molecule has 0 spiro atoms. The number of benzene rings is 3. The summed E-state index contributed by atoms with van der Waals surface area (Å²) < 4.78 is 3.06. The molecule has 0 aliphatic rings. The Morgan fingerprint density at radius 1 is 0.697 bits per heavy atom. The highest BCUT2D eigenvalue weighted by Crippen LogP contribution is 2.31. The van der Waals surface area contributed by atoms with Crippen molar-refractivity contribution in [2.75, 3.05) is 0 Å². The van der Waals surface area contributed by atoms with Gasteiger partial charge in [-0.05, 0) is 60.7 Å². The van der Waals surface area contributed by atoms with Crippen molar-refractivity contribution in [2.24, 2.45) is 0 Å². The molecule has 33 heavy (non-hydrogen) atoms. The normalized spacial score (nSPS) is 11.3. The molecule has 2 aromatic heterocycles. The third kappa shape index (κ3) is 4.12. The summed E-state index contributed by atoms with van der Waals surface area (Å²) in [6.45, 7) is 0. The number of fused-ring (bicyclic) bond motifs is 1. The predicted molar refractivity (Wildman–Crippen MR) is 135 cm³/mol. The molecule has 0 radical (unpaired) electrons. The van der Waals surface area contributed by atoms with Crippen LogP contribution in [0.25, 0.3) is 33.9 Å². The minimum atomic E-state index is -0.364. The van der Waals surface area contributed by atoms with Crippen LogP contribution in [0.3, 0.4) is 0 Å². The Morgan fingerprint density at radius 2 is 1.36 bits per heavy atom. The Kier molecular flexibility index (Phi) is 5.85. The third-order valence-corrected chi connectivity index (χ3v) is 6.20. The Morgan fingerprint density at radius 3 is 2.03 bits per heavy atom. The number of aromatic nitrogens is 4. The lowest BCUT2D eigenvalue weighted by molar-refractivity contribution is 0.959. The summed E-state index contributed by atoms with van der Waals surface area (Å²) in [6, 6.07) is 16.8.